The van der Waals surface area contributed by atoms with Crippen LogP contribution < -0.4 is 0 Å². The van der Waals surface area contributed by atoms with Gasteiger partial charge in [0.15, 0.2) is 20.5 Å². The SMILES string of the molecule is CC(=O)c1ccc2c(c1)C(c1ccccc1)(c1ccccc1)c1cc(Sc3ccc([S+](c4ccccc4)c4ccc5c(c4)C(c4ccccc4)(c4ccccc4)c4ccccc4-5)cc3)ccc1-2. The van der Waals surface area contributed by atoms with E-state index >= 15 is 0 Å². The van der Waals surface area contributed by atoms with Crippen LogP contribution in [0.4, 0.5) is 0 Å². The van der Waals surface area contributed by atoms with Crippen LogP contribution in [0.1, 0.15) is 61.8 Å². The minimum Gasteiger partial charge on any atom is -0.295 e. The third-order valence-corrected chi connectivity index (χ3v) is 17.1. The maximum absolute atomic E-state index is 12.9. The molecule has 0 saturated carbocycles. The Hall–Kier alpha value is -7.43. The zero-order valence-corrected chi connectivity index (χ0v) is 38.6. The Morgan fingerprint density at radius 3 is 1.28 bits per heavy atom. The lowest BCUT2D eigenvalue weighted by Crippen LogP contribution is -2.28. The van der Waals surface area contributed by atoms with E-state index in [9.17, 15) is 4.79 Å². The summed E-state index contributed by atoms with van der Waals surface area (Å²) in [5, 5.41) is 0. The summed E-state index contributed by atoms with van der Waals surface area (Å²) < 4.78 is 0. The number of hydrogen-bond acceptors (Lipinski definition) is 2. The minimum atomic E-state index is -0.598. The van der Waals surface area contributed by atoms with Crippen molar-refractivity contribution in [3.8, 4) is 22.3 Å². The van der Waals surface area contributed by atoms with Gasteiger partial charge in [0.25, 0.3) is 0 Å². The predicted molar refractivity (Wildman–Crippen MR) is 277 cm³/mol. The molecular formula is C64H45OS2+. The molecule has 318 valence electrons. The summed E-state index contributed by atoms with van der Waals surface area (Å²) in [5.41, 5.74) is 14.5. The number of benzene rings is 10. The molecule has 0 radical (unpaired) electrons. The Morgan fingerprint density at radius 2 is 0.731 bits per heavy atom. The Labute approximate surface area is 400 Å². The van der Waals surface area contributed by atoms with E-state index in [0.29, 0.717) is 0 Å². The third kappa shape index (κ3) is 6.60. The number of Topliss-reactive ketones (excluding diaryl/α,β-unsaturated/α-hetero) is 1. The lowest BCUT2D eigenvalue weighted by atomic mass is 9.67. The molecule has 0 bridgehead atoms. The van der Waals surface area contributed by atoms with Crippen LogP contribution >= 0.6 is 11.8 Å². The Bertz CT molecular complexity index is 3360. The molecule has 10 aromatic carbocycles. The first-order valence-electron chi connectivity index (χ1n) is 22.9. The van der Waals surface area contributed by atoms with Crippen LogP contribution in [0.25, 0.3) is 22.3 Å². The van der Waals surface area contributed by atoms with Gasteiger partial charge in [0, 0.05) is 15.4 Å². The third-order valence-electron chi connectivity index (χ3n) is 13.9. The first kappa shape index (κ1) is 41.0. The van der Waals surface area contributed by atoms with Crippen LogP contribution in [-0.4, -0.2) is 5.78 Å². The van der Waals surface area contributed by atoms with Crippen molar-refractivity contribution in [3.05, 3.63) is 305 Å². The van der Waals surface area contributed by atoms with Gasteiger partial charge in [-0.25, -0.2) is 0 Å². The summed E-state index contributed by atoms with van der Waals surface area (Å²) in [7, 11) is -0.387. The molecule has 67 heavy (non-hydrogen) atoms. The maximum Gasteiger partial charge on any atom is 0.166 e. The summed E-state index contributed by atoms with van der Waals surface area (Å²) in [6.07, 6.45) is 0. The topological polar surface area (TPSA) is 17.1 Å². The molecule has 3 heteroatoms. The summed E-state index contributed by atoms with van der Waals surface area (Å²) in [6.45, 7) is 1.66. The molecule has 12 rings (SSSR count). The average Bonchev–Trinajstić information content (AvgIpc) is 3.85. The van der Waals surface area contributed by atoms with Crippen LogP contribution in [-0.2, 0) is 21.7 Å². The molecule has 0 heterocycles. The van der Waals surface area contributed by atoms with Gasteiger partial charge in [-0.05, 0) is 146 Å². The van der Waals surface area contributed by atoms with Crippen LogP contribution in [0.5, 0.6) is 0 Å². The van der Waals surface area contributed by atoms with E-state index in [1.807, 2.05) is 6.07 Å². The maximum atomic E-state index is 12.9. The van der Waals surface area contributed by atoms with Gasteiger partial charge in [0.05, 0.1) is 21.7 Å². The number of rotatable bonds is 10. The standard InChI is InChI=1S/C64H45OS2/c1-44(65)45-31-38-56-57-39-34-51(42-61(57)64(60(56)41-45,48-23-11-4-12-24-48)49-25-13-5-14-26-49)66-50-32-35-53(36-33-50)67(52-27-15-6-16-28-52)54-37-40-58-55-29-17-18-30-59(55)63(62(58)43-54,46-19-7-2-8-20-46)47-21-9-3-10-22-47/h2-43H,1H3/q+1. The molecule has 1 unspecified atom stereocenters. The second kappa shape index (κ2) is 16.8. The Balaban J connectivity index is 0.958. The molecule has 0 fully saturated rings. The summed E-state index contributed by atoms with van der Waals surface area (Å²) in [6, 6.07) is 93.5. The smallest absolute Gasteiger partial charge is 0.166 e. The average molecular weight is 894 g/mol. The summed E-state index contributed by atoms with van der Waals surface area (Å²) in [4.78, 5) is 19.1. The molecule has 10 aromatic rings. The van der Waals surface area contributed by atoms with E-state index in [4.69, 9.17) is 0 Å². The van der Waals surface area contributed by atoms with E-state index in [2.05, 4.69) is 249 Å². The highest BCUT2D eigenvalue weighted by atomic mass is 32.2. The monoisotopic (exact) mass is 893 g/mol. The summed E-state index contributed by atoms with van der Waals surface area (Å²) in [5.74, 6) is 0.0674. The molecule has 0 saturated heterocycles. The van der Waals surface area contributed by atoms with Crippen molar-refractivity contribution in [1.29, 1.82) is 0 Å². The van der Waals surface area contributed by atoms with Crippen molar-refractivity contribution >= 4 is 28.4 Å². The molecular weight excluding hydrogens is 849 g/mol. The molecule has 2 aliphatic rings. The molecule has 0 aliphatic heterocycles. The second-order valence-corrected chi connectivity index (χ2v) is 20.6. The van der Waals surface area contributed by atoms with E-state index in [-0.39, 0.29) is 16.7 Å². The highest BCUT2D eigenvalue weighted by Gasteiger charge is 2.48. The lowest BCUT2D eigenvalue weighted by molar-refractivity contribution is 0.101. The van der Waals surface area contributed by atoms with Crippen molar-refractivity contribution in [2.24, 2.45) is 0 Å². The van der Waals surface area contributed by atoms with Crippen LogP contribution in [0.15, 0.2) is 279 Å². The summed E-state index contributed by atoms with van der Waals surface area (Å²) >= 11 is 1.80. The molecule has 0 spiro atoms. The number of fused-ring (bicyclic) bond motifs is 6. The van der Waals surface area contributed by atoms with Crippen molar-refractivity contribution < 1.29 is 4.79 Å². The fourth-order valence-corrected chi connectivity index (χ4v) is 14.0. The second-order valence-electron chi connectivity index (χ2n) is 17.4. The largest absolute Gasteiger partial charge is 0.295 e. The van der Waals surface area contributed by atoms with Gasteiger partial charge in [0.2, 0.25) is 0 Å². The molecule has 0 amide bonds. The zero-order chi connectivity index (χ0) is 45.0. The molecule has 1 nitrogen and oxygen atoms in total. The van der Waals surface area contributed by atoms with Gasteiger partial charge >= 0.3 is 0 Å². The van der Waals surface area contributed by atoms with E-state index in [1.54, 1.807) is 18.7 Å². The predicted octanol–water partition coefficient (Wildman–Crippen LogP) is 15.9. The first-order chi connectivity index (χ1) is 33.0. The van der Waals surface area contributed by atoms with Gasteiger partial charge in [-0.3, -0.25) is 4.79 Å². The number of carbonyl (C=O) groups is 1. The number of carbonyl (C=O) groups excluding carboxylic acids is 1. The minimum absolute atomic E-state index is 0.0674. The molecule has 1 atom stereocenters. The van der Waals surface area contributed by atoms with Gasteiger partial charge in [-0.2, -0.15) is 0 Å². The van der Waals surface area contributed by atoms with Gasteiger partial charge < -0.3 is 0 Å². The van der Waals surface area contributed by atoms with Crippen molar-refractivity contribution in [2.75, 3.05) is 0 Å². The number of hydrogen-bond donors (Lipinski definition) is 0. The lowest BCUT2D eigenvalue weighted by Gasteiger charge is -2.34. The molecule has 0 aromatic heterocycles. The van der Waals surface area contributed by atoms with Crippen molar-refractivity contribution in [1.82, 2.24) is 0 Å². The van der Waals surface area contributed by atoms with Crippen molar-refractivity contribution in [3.63, 3.8) is 0 Å². The van der Waals surface area contributed by atoms with Crippen LogP contribution in [0, 0.1) is 0 Å². The first-order valence-corrected chi connectivity index (χ1v) is 24.9. The Morgan fingerprint density at radius 1 is 0.343 bits per heavy atom. The zero-order valence-electron chi connectivity index (χ0n) is 37.0. The van der Waals surface area contributed by atoms with Gasteiger partial charge in [-0.1, -0.05) is 194 Å². The normalized spacial score (nSPS) is 14.0. The van der Waals surface area contributed by atoms with Crippen LogP contribution in [0.2, 0.25) is 0 Å². The van der Waals surface area contributed by atoms with Gasteiger partial charge in [0.1, 0.15) is 0 Å². The van der Waals surface area contributed by atoms with E-state index in [1.165, 1.54) is 85.7 Å². The van der Waals surface area contributed by atoms with Gasteiger partial charge in [-0.15, -0.1) is 0 Å². The van der Waals surface area contributed by atoms with E-state index < -0.39 is 10.8 Å². The fourth-order valence-electron chi connectivity index (χ4n) is 11.0. The van der Waals surface area contributed by atoms with E-state index in [0.717, 1.165) is 11.1 Å². The highest BCUT2D eigenvalue weighted by Crippen LogP contribution is 2.59. The number of ketones is 1. The van der Waals surface area contributed by atoms with Crippen molar-refractivity contribution in [2.45, 2.75) is 42.2 Å². The molecule has 0 N–H and O–H groups in total. The van der Waals surface area contributed by atoms with Crippen LogP contribution in [0.3, 0.4) is 0 Å². The highest BCUT2D eigenvalue weighted by molar-refractivity contribution is 7.99. The quantitative estimate of drug-likeness (QED) is 0.101. The molecule has 2 aliphatic carbocycles. The Kier molecular flexibility index (Phi) is 10.3. The fraction of sp³-hybridized carbons (Fsp3) is 0.0469.